The Bertz CT molecular complexity index is 246. The summed E-state index contributed by atoms with van der Waals surface area (Å²) in [4.78, 5) is 1.48. The maximum atomic E-state index is 5.56. The van der Waals surface area contributed by atoms with E-state index in [0.29, 0.717) is 0 Å². The lowest BCUT2D eigenvalue weighted by Crippen LogP contribution is -1.96. The van der Waals surface area contributed by atoms with E-state index in [2.05, 4.69) is 17.5 Å². The third-order valence-electron chi connectivity index (χ3n) is 2.14. The van der Waals surface area contributed by atoms with Gasteiger partial charge in [-0.05, 0) is 44.6 Å². The van der Waals surface area contributed by atoms with Gasteiger partial charge in [0.1, 0.15) is 0 Å². The second-order valence-electron chi connectivity index (χ2n) is 3.43. The first-order chi connectivity index (χ1) is 7.86. The zero-order valence-electron chi connectivity index (χ0n) is 10.1. The van der Waals surface area contributed by atoms with Crippen molar-refractivity contribution in [3.05, 3.63) is 22.4 Å². The molecule has 1 aromatic heterocycles. The van der Waals surface area contributed by atoms with E-state index in [-0.39, 0.29) is 0 Å². The average Bonchev–Trinajstić information content (AvgIpc) is 2.78. The molecule has 0 spiro atoms. The third kappa shape index (κ3) is 5.95. The van der Waals surface area contributed by atoms with Crippen LogP contribution in [0.2, 0.25) is 0 Å². The van der Waals surface area contributed by atoms with Crippen LogP contribution in [0.25, 0.3) is 0 Å². The summed E-state index contributed by atoms with van der Waals surface area (Å²) < 4.78 is 11.1. The van der Waals surface area contributed by atoms with Crippen molar-refractivity contribution < 1.29 is 9.05 Å². The lowest BCUT2D eigenvalue weighted by atomic mass is 10.2. The largest absolute Gasteiger partial charge is 0.334 e. The Morgan fingerprint density at radius 3 is 2.50 bits per heavy atom. The predicted octanol–water partition coefficient (Wildman–Crippen LogP) is 4.46. The zero-order chi connectivity index (χ0) is 11.6. The molecule has 0 amide bonds. The van der Waals surface area contributed by atoms with Crippen LogP contribution in [0.4, 0.5) is 0 Å². The summed E-state index contributed by atoms with van der Waals surface area (Å²) in [6, 6.07) is 4.33. The molecule has 4 heteroatoms. The van der Waals surface area contributed by atoms with E-state index in [1.807, 2.05) is 25.2 Å². The molecule has 0 radical (unpaired) electrons. The smallest absolute Gasteiger partial charge is 0.170 e. The van der Waals surface area contributed by atoms with Crippen LogP contribution in [0.1, 0.15) is 31.6 Å². The van der Waals surface area contributed by atoms with Gasteiger partial charge in [0.05, 0.1) is 13.2 Å². The Balaban J connectivity index is 2.08. The van der Waals surface area contributed by atoms with Crippen LogP contribution in [0.15, 0.2) is 17.5 Å². The molecule has 0 saturated carbocycles. The highest BCUT2D eigenvalue weighted by molar-refractivity contribution is 7.47. The topological polar surface area (TPSA) is 18.5 Å². The van der Waals surface area contributed by atoms with Crippen LogP contribution in [0.5, 0.6) is 0 Å². The van der Waals surface area contributed by atoms with Crippen LogP contribution in [-0.4, -0.2) is 19.4 Å². The molecule has 0 saturated heterocycles. The second-order valence-corrected chi connectivity index (χ2v) is 6.09. The number of unbranched alkanes of at least 4 members (excludes halogenated alkanes) is 1. The molecule has 0 aromatic carbocycles. The highest BCUT2D eigenvalue weighted by atomic mass is 32.1. The number of aryl methyl sites for hydroxylation is 1. The van der Waals surface area contributed by atoms with E-state index in [1.165, 1.54) is 24.1 Å². The summed E-state index contributed by atoms with van der Waals surface area (Å²) in [5, 5.41) is 2.14. The Hall–Kier alpha value is 0.0500. The number of hydrogen-bond acceptors (Lipinski definition) is 3. The molecule has 0 N–H and O–H groups in total. The summed E-state index contributed by atoms with van der Waals surface area (Å²) in [6.07, 6.45) is 4.70. The van der Waals surface area contributed by atoms with Crippen LogP contribution in [0.3, 0.4) is 0 Å². The first kappa shape index (κ1) is 14.1. The van der Waals surface area contributed by atoms with Crippen molar-refractivity contribution >= 4 is 19.7 Å². The monoisotopic (exact) mass is 260 g/mol. The fourth-order valence-electron chi connectivity index (χ4n) is 1.45. The maximum absolute atomic E-state index is 5.56. The SMILES string of the molecule is CCOP(CCCCc1cccs1)OCC. The normalized spacial score (nSPS) is 11.2. The molecule has 0 bridgehead atoms. The average molecular weight is 260 g/mol. The van der Waals surface area contributed by atoms with Gasteiger partial charge in [0, 0.05) is 11.0 Å². The molecule has 0 fully saturated rings. The van der Waals surface area contributed by atoms with Crippen molar-refractivity contribution in [1.29, 1.82) is 0 Å². The number of rotatable bonds is 9. The van der Waals surface area contributed by atoms with Crippen molar-refractivity contribution in [2.75, 3.05) is 19.4 Å². The van der Waals surface area contributed by atoms with Crippen molar-refractivity contribution in [1.82, 2.24) is 0 Å². The van der Waals surface area contributed by atoms with Crippen LogP contribution < -0.4 is 0 Å². The van der Waals surface area contributed by atoms with Gasteiger partial charge in [0.2, 0.25) is 0 Å². The molecule has 0 atom stereocenters. The molecular weight excluding hydrogens is 239 g/mol. The van der Waals surface area contributed by atoms with Crippen molar-refractivity contribution in [3.63, 3.8) is 0 Å². The Kier molecular flexibility index (Phi) is 8.04. The molecule has 1 rings (SSSR count). The van der Waals surface area contributed by atoms with Gasteiger partial charge in [0.15, 0.2) is 8.38 Å². The molecule has 16 heavy (non-hydrogen) atoms. The van der Waals surface area contributed by atoms with Gasteiger partial charge in [-0.2, -0.15) is 0 Å². The number of hydrogen-bond donors (Lipinski definition) is 0. The molecule has 92 valence electrons. The molecule has 0 unspecified atom stereocenters. The van der Waals surface area contributed by atoms with E-state index in [0.717, 1.165) is 19.4 Å². The third-order valence-corrected chi connectivity index (χ3v) is 4.85. The van der Waals surface area contributed by atoms with Gasteiger partial charge in [-0.3, -0.25) is 0 Å². The van der Waals surface area contributed by atoms with E-state index >= 15 is 0 Å². The van der Waals surface area contributed by atoms with Gasteiger partial charge in [-0.15, -0.1) is 11.3 Å². The maximum Gasteiger partial charge on any atom is 0.170 e. The molecular formula is C12H21O2PS. The van der Waals surface area contributed by atoms with Crippen molar-refractivity contribution in [3.8, 4) is 0 Å². The Morgan fingerprint density at radius 2 is 1.94 bits per heavy atom. The summed E-state index contributed by atoms with van der Waals surface area (Å²) in [6.45, 7) is 5.58. The Morgan fingerprint density at radius 1 is 1.19 bits per heavy atom. The standard InChI is InChI=1S/C12H21O2PS/c1-3-13-15(14-4-2)10-6-5-8-12-9-7-11-16-12/h7,9,11H,3-6,8,10H2,1-2H3. The van der Waals surface area contributed by atoms with Gasteiger partial charge in [0.25, 0.3) is 0 Å². The minimum Gasteiger partial charge on any atom is -0.334 e. The van der Waals surface area contributed by atoms with Gasteiger partial charge < -0.3 is 9.05 Å². The molecule has 1 aromatic rings. The van der Waals surface area contributed by atoms with Crippen LogP contribution in [0, 0.1) is 0 Å². The van der Waals surface area contributed by atoms with Gasteiger partial charge >= 0.3 is 0 Å². The molecule has 0 aliphatic heterocycles. The first-order valence-electron chi connectivity index (χ1n) is 5.92. The second kappa shape index (κ2) is 9.12. The lowest BCUT2D eigenvalue weighted by molar-refractivity contribution is 0.269. The minimum atomic E-state index is -0.627. The highest BCUT2D eigenvalue weighted by Crippen LogP contribution is 2.38. The van der Waals surface area contributed by atoms with E-state index in [1.54, 1.807) is 0 Å². The highest BCUT2D eigenvalue weighted by Gasteiger charge is 2.08. The van der Waals surface area contributed by atoms with E-state index < -0.39 is 8.38 Å². The minimum absolute atomic E-state index is 0.627. The fourth-order valence-corrected chi connectivity index (χ4v) is 3.59. The fraction of sp³-hybridized carbons (Fsp3) is 0.667. The first-order valence-corrected chi connectivity index (χ1v) is 8.16. The lowest BCUT2D eigenvalue weighted by Gasteiger charge is -2.15. The summed E-state index contributed by atoms with van der Waals surface area (Å²) in [7, 11) is -0.627. The molecule has 0 aliphatic carbocycles. The van der Waals surface area contributed by atoms with E-state index in [9.17, 15) is 0 Å². The summed E-state index contributed by atoms with van der Waals surface area (Å²) >= 11 is 1.85. The van der Waals surface area contributed by atoms with Gasteiger partial charge in [-0.25, -0.2) is 0 Å². The molecule has 1 heterocycles. The number of thiophene rings is 1. The van der Waals surface area contributed by atoms with Crippen LogP contribution in [-0.2, 0) is 15.5 Å². The quantitative estimate of drug-likeness (QED) is 0.482. The summed E-state index contributed by atoms with van der Waals surface area (Å²) in [5.74, 6) is 0. The van der Waals surface area contributed by atoms with Gasteiger partial charge in [-0.1, -0.05) is 6.07 Å². The zero-order valence-corrected chi connectivity index (χ0v) is 11.9. The summed E-state index contributed by atoms with van der Waals surface area (Å²) in [5.41, 5.74) is 0. The molecule has 2 nitrogen and oxygen atoms in total. The Labute approximate surface area is 104 Å². The van der Waals surface area contributed by atoms with Crippen LogP contribution >= 0.6 is 19.7 Å². The predicted molar refractivity (Wildman–Crippen MR) is 72.3 cm³/mol. The van der Waals surface area contributed by atoms with E-state index in [4.69, 9.17) is 9.05 Å². The molecule has 0 aliphatic rings. The van der Waals surface area contributed by atoms with Crippen molar-refractivity contribution in [2.24, 2.45) is 0 Å². The van der Waals surface area contributed by atoms with Crippen molar-refractivity contribution in [2.45, 2.75) is 33.1 Å².